The van der Waals surface area contributed by atoms with Gasteiger partial charge in [0.05, 0.1) is 14.2 Å². The minimum Gasteiger partial charge on any atom is -0.493 e. The number of carbonyl (C=O) groups is 1. The van der Waals surface area contributed by atoms with Gasteiger partial charge in [0.15, 0.2) is 11.5 Å². The van der Waals surface area contributed by atoms with E-state index in [9.17, 15) is 4.79 Å². The molecule has 0 bridgehead atoms. The lowest BCUT2D eigenvalue weighted by atomic mass is 9.95. The van der Waals surface area contributed by atoms with E-state index in [4.69, 9.17) is 9.47 Å². The van der Waals surface area contributed by atoms with Crippen molar-refractivity contribution >= 4 is 6.03 Å². The largest absolute Gasteiger partial charge is 0.493 e. The number of carbonyl (C=O) groups excluding carboxylic acids is 1. The highest BCUT2D eigenvalue weighted by Crippen LogP contribution is 2.49. The number of nitrogens with one attached hydrogen (secondary N) is 2. The monoisotopic (exact) mass is 320 g/mol. The third-order valence-electron chi connectivity index (χ3n) is 4.50. The Morgan fingerprint density at radius 1 is 1.13 bits per heavy atom. The molecule has 128 valence electrons. The standard InChI is InChI=1S/C18H28N2O3/c1-4-5-6-11-19-17(21)20-13-18(9-10-18)14-7-8-15(22-2)16(12-14)23-3/h7-8,12H,4-6,9-11,13H2,1-3H3,(H2,19,20,21). The van der Waals surface area contributed by atoms with Crippen molar-refractivity contribution in [1.82, 2.24) is 10.6 Å². The highest BCUT2D eigenvalue weighted by atomic mass is 16.5. The van der Waals surface area contributed by atoms with Gasteiger partial charge in [0, 0.05) is 18.5 Å². The normalized spacial score (nSPS) is 14.9. The fraction of sp³-hybridized carbons (Fsp3) is 0.611. The van der Waals surface area contributed by atoms with E-state index in [0.29, 0.717) is 6.54 Å². The first-order valence-electron chi connectivity index (χ1n) is 8.39. The summed E-state index contributed by atoms with van der Waals surface area (Å²) < 4.78 is 10.7. The average molecular weight is 320 g/mol. The second-order valence-corrected chi connectivity index (χ2v) is 6.17. The molecule has 0 unspecified atom stereocenters. The Morgan fingerprint density at radius 3 is 2.48 bits per heavy atom. The van der Waals surface area contributed by atoms with Crippen molar-refractivity contribution in [3.63, 3.8) is 0 Å². The number of urea groups is 1. The van der Waals surface area contributed by atoms with E-state index in [2.05, 4.69) is 23.6 Å². The number of methoxy groups -OCH3 is 2. The van der Waals surface area contributed by atoms with Gasteiger partial charge >= 0.3 is 6.03 Å². The predicted molar refractivity (Wildman–Crippen MR) is 91.4 cm³/mol. The summed E-state index contributed by atoms with van der Waals surface area (Å²) in [6.07, 6.45) is 5.50. The summed E-state index contributed by atoms with van der Waals surface area (Å²) in [7, 11) is 3.28. The molecule has 5 heteroatoms. The molecule has 1 aromatic carbocycles. The number of benzene rings is 1. The number of hydrogen-bond donors (Lipinski definition) is 2. The van der Waals surface area contributed by atoms with Crippen LogP contribution in [-0.4, -0.2) is 33.3 Å². The van der Waals surface area contributed by atoms with Gasteiger partial charge in [0.2, 0.25) is 0 Å². The van der Waals surface area contributed by atoms with Crippen LogP contribution in [0, 0.1) is 0 Å². The second-order valence-electron chi connectivity index (χ2n) is 6.17. The first kappa shape index (κ1) is 17.4. The third kappa shape index (κ3) is 4.53. The van der Waals surface area contributed by atoms with Crippen LogP contribution in [0.2, 0.25) is 0 Å². The van der Waals surface area contributed by atoms with E-state index < -0.39 is 0 Å². The van der Waals surface area contributed by atoms with Gasteiger partial charge < -0.3 is 20.1 Å². The minimum absolute atomic E-state index is 0.0420. The van der Waals surface area contributed by atoms with Gasteiger partial charge in [-0.3, -0.25) is 0 Å². The Hall–Kier alpha value is -1.91. The van der Waals surface area contributed by atoms with Crippen LogP contribution in [0.5, 0.6) is 11.5 Å². The molecule has 1 saturated carbocycles. The van der Waals surface area contributed by atoms with Gasteiger partial charge in [-0.05, 0) is 37.0 Å². The molecular weight excluding hydrogens is 292 g/mol. The van der Waals surface area contributed by atoms with Crippen LogP contribution >= 0.6 is 0 Å². The fourth-order valence-electron chi connectivity index (χ4n) is 2.77. The van der Waals surface area contributed by atoms with E-state index >= 15 is 0 Å². The van der Waals surface area contributed by atoms with Crippen LogP contribution in [0.3, 0.4) is 0 Å². The van der Waals surface area contributed by atoms with Crippen molar-refractivity contribution in [2.45, 2.75) is 44.4 Å². The van der Waals surface area contributed by atoms with E-state index in [1.807, 2.05) is 12.1 Å². The fourth-order valence-corrected chi connectivity index (χ4v) is 2.77. The summed E-state index contributed by atoms with van der Waals surface area (Å²) >= 11 is 0. The van der Waals surface area contributed by atoms with E-state index in [-0.39, 0.29) is 11.4 Å². The van der Waals surface area contributed by atoms with Gasteiger partial charge in [-0.2, -0.15) is 0 Å². The summed E-state index contributed by atoms with van der Waals surface area (Å²) in [5.41, 5.74) is 1.24. The van der Waals surface area contributed by atoms with Gasteiger partial charge in [-0.1, -0.05) is 25.8 Å². The molecule has 1 aliphatic rings. The summed E-state index contributed by atoms with van der Waals surface area (Å²) in [6, 6.07) is 5.94. The van der Waals surface area contributed by atoms with Crippen molar-refractivity contribution < 1.29 is 14.3 Å². The lowest BCUT2D eigenvalue weighted by Crippen LogP contribution is -2.40. The molecule has 2 rings (SSSR count). The van der Waals surface area contributed by atoms with Crippen molar-refractivity contribution in [3.05, 3.63) is 23.8 Å². The summed E-state index contributed by atoms with van der Waals surface area (Å²) in [5.74, 6) is 1.47. The third-order valence-corrected chi connectivity index (χ3v) is 4.50. The zero-order chi connectivity index (χ0) is 16.7. The maximum atomic E-state index is 11.9. The molecule has 1 fully saturated rings. The summed E-state index contributed by atoms with van der Waals surface area (Å²) in [6.45, 7) is 3.55. The zero-order valence-electron chi connectivity index (χ0n) is 14.4. The van der Waals surface area contributed by atoms with Gasteiger partial charge in [0.25, 0.3) is 0 Å². The molecule has 1 aliphatic carbocycles. The topological polar surface area (TPSA) is 59.6 Å². The van der Waals surface area contributed by atoms with Gasteiger partial charge in [-0.25, -0.2) is 4.79 Å². The molecule has 0 atom stereocenters. The minimum atomic E-state index is -0.0761. The molecule has 1 aromatic rings. The van der Waals surface area contributed by atoms with E-state index in [1.165, 1.54) is 5.56 Å². The maximum Gasteiger partial charge on any atom is 0.314 e. The Morgan fingerprint density at radius 2 is 1.87 bits per heavy atom. The van der Waals surface area contributed by atoms with Crippen LogP contribution in [0.1, 0.15) is 44.6 Å². The summed E-state index contributed by atoms with van der Waals surface area (Å²) in [5, 5.41) is 5.92. The molecule has 0 radical (unpaired) electrons. The SMILES string of the molecule is CCCCCNC(=O)NCC1(c2ccc(OC)c(OC)c2)CC1. The second kappa shape index (κ2) is 8.09. The average Bonchev–Trinajstić information content (AvgIpc) is 3.37. The Balaban J connectivity index is 1.89. The number of ether oxygens (including phenoxy) is 2. The van der Waals surface area contributed by atoms with Crippen LogP contribution in [-0.2, 0) is 5.41 Å². The highest BCUT2D eigenvalue weighted by molar-refractivity contribution is 5.74. The molecule has 5 nitrogen and oxygen atoms in total. The van der Waals surface area contributed by atoms with Crippen LogP contribution < -0.4 is 20.1 Å². The molecule has 2 amide bonds. The van der Waals surface area contributed by atoms with Gasteiger partial charge in [0.1, 0.15) is 0 Å². The molecule has 0 heterocycles. The maximum absolute atomic E-state index is 11.9. The molecule has 0 aromatic heterocycles. The smallest absolute Gasteiger partial charge is 0.314 e. The Kier molecular flexibility index (Phi) is 6.13. The molecular formula is C18H28N2O3. The first-order chi connectivity index (χ1) is 11.1. The lowest BCUT2D eigenvalue weighted by molar-refractivity contribution is 0.239. The van der Waals surface area contributed by atoms with Crippen molar-refractivity contribution in [1.29, 1.82) is 0 Å². The molecule has 2 N–H and O–H groups in total. The molecule has 0 aliphatic heterocycles. The molecule has 23 heavy (non-hydrogen) atoms. The van der Waals surface area contributed by atoms with E-state index in [1.54, 1.807) is 14.2 Å². The van der Waals surface area contributed by atoms with Crippen LogP contribution in [0.25, 0.3) is 0 Å². The summed E-state index contributed by atoms with van der Waals surface area (Å²) in [4.78, 5) is 11.9. The zero-order valence-corrected chi connectivity index (χ0v) is 14.4. The number of hydrogen-bond acceptors (Lipinski definition) is 3. The first-order valence-corrected chi connectivity index (χ1v) is 8.39. The number of rotatable bonds is 9. The van der Waals surface area contributed by atoms with E-state index in [0.717, 1.165) is 50.1 Å². The number of amides is 2. The predicted octanol–water partition coefficient (Wildman–Crippen LogP) is 3.22. The number of unbranched alkanes of at least 4 members (excludes halogenated alkanes) is 2. The van der Waals surface area contributed by atoms with Crippen LogP contribution in [0.15, 0.2) is 18.2 Å². The van der Waals surface area contributed by atoms with Crippen molar-refractivity contribution in [2.24, 2.45) is 0 Å². The Labute approximate surface area is 138 Å². The highest BCUT2D eigenvalue weighted by Gasteiger charge is 2.44. The Bertz CT molecular complexity index is 527. The van der Waals surface area contributed by atoms with Crippen molar-refractivity contribution in [2.75, 3.05) is 27.3 Å². The van der Waals surface area contributed by atoms with Gasteiger partial charge in [-0.15, -0.1) is 0 Å². The molecule has 0 spiro atoms. The van der Waals surface area contributed by atoms with Crippen molar-refractivity contribution in [3.8, 4) is 11.5 Å². The lowest BCUT2D eigenvalue weighted by Gasteiger charge is -2.19. The quantitative estimate of drug-likeness (QED) is 0.687. The molecule has 0 saturated heterocycles. The van der Waals surface area contributed by atoms with Crippen LogP contribution in [0.4, 0.5) is 4.79 Å².